The number of carbonyl (C=O) groups is 3. The molecule has 0 aliphatic carbocycles. The van der Waals surface area contributed by atoms with E-state index in [1.54, 1.807) is 0 Å². The van der Waals surface area contributed by atoms with Gasteiger partial charge in [0.2, 0.25) is 0 Å². The monoisotopic (exact) mass is 238 g/mol. The van der Waals surface area contributed by atoms with Gasteiger partial charge in [-0.1, -0.05) is 0 Å². The van der Waals surface area contributed by atoms with E-state index < -0.39 is 30.9 Å². The van der Waals surface area contributed by atoms with Crippen molar-refractivity contribution >= 4 is 17.8 Å². The Morgan fingerprint density at radius 1 is 1.06 bits per heavy atom. The average Bonchev–Trinajstić information content (AvgIpc) is 2.27. The van der Waals surface area contributed by atoms with Gasteiger partial charge in [0.05, 0.1) is 0 Å². The fourth-order valence-corrected chi connectivity index (χ4v) is 1.20. The van der Waals surface area contributed by atoms with Crippen molar-refractivity contribution in [2.24, 2.45) is 0 Å². The van der Waals surface area contributed by atoms with Gasteiger partial charge in [0, 0.05) is 18.0 Å². The van der Waals surface area contributed by atoms with Crippen LogP contribution in [0.1, 0.15) is 10.4 Å². The van der Waals surface area contributed by atoms with Crippen LogP contribution in [0.2, 0.25) is 0 Å². The number of carboxylic acid groups (broad SMARTS) is 2. The molecule has 0 fully saturated rings. The molecule has 0 bridgehead atoms. The van der Waals surface area contributed by atoms with Gasteiger partial charge in [-0.2, -0.15) is 0 Å². The summed E-state index contributed by atoms with van der Waals surface area (Å²) in [4.78, 5) is 37.3. The van der Waals surface area contributed by atoms with Crippen LogP contribution in [0.3, 0.4) is 0 Å². The van der Waals surface area contributed by atoms with Gasteiger partial charge in [0.25, 0.3) is 5.91 Å². The van der Waals surface area contributed by atoms with Gasteiger partial charge in [0.1, 0.15) is 13.1 Å². The van der Waals surface area contributed by atoms with E-state index in [1.165, 1.54) is 24.5 Å². The Labute approximate surface area is 96.3 Å². The highest BCUT2D eigenvalue weighted by Crippen LogP contribution is 2.03. The number of rotatable bonds is 5. The first-order valence-electron chi connectivity index (χ1n) is 4.63. The molecule has 1 rings (SSSR count). The molecule has 2 N–H and O–H groups in total. The quantitative estimate of drug-likeness (QED) is 0.728. The molecular formula is C10H10N2O5. The first-order chi connectivity index (χ1) is 8.00. The Hall–Kier alpha value is -2.44. The third kappa shape index (κ3) is 3.90. The Bertz CT molecular complexity index is 416. The van der Waals surface area contributed by atoms with Gasteiger partial charge in [-0.25, -0.2) is 0 Å². The lowest BCUT2D eigenvalue weighted by atomic mass is 10.2. The molecule has 0 radical (unpaired) electrons. The molecule has 0 atom stereocenters. The molecule has 17 heavy (non-hydrogen) atoms. The summed E-state index contributed by atoms with van der Waals surface area (Å²) in [6.45, 7) is -1.32. The standard InChI is InChI=1S/C10H10N2O5/c13-8(14)5-12(6-9(15)16)10(17)7-1-3-11-4-2-7/h1-4H,5-6H2,(H,13,14)(H,15,16). The second kappa shape index (κ2) is 5.59. The topological polar surface area (TPSA) is 108 Å². The summed E-state index contributed by atoms with van der Waals surface area (Å²) in [6, 6.07) is 2.78. The summed E-state index contributed by atoms with van der Waals surface area (Å²) in [5, 5.41) is 17.2. The van der Waals surface area contributed by atoms with Crippen LogP contribution in [0.15, 0.2) is 24.5 Å². The van der Waals surface area contributed by atoms with Crippen molar-refractivity contribution in [2.75, 3.05) is 13.1 Å². The molecule has 7 nitrogen and oxygen atoms in total. The highest BCUT2D eigenvalue weighted by Gasteiger charge is 2.20. The highest BCUT2D eigenvalue weighted by molar-refractivity contribution is 5.97. The number of pyridine rings is 1. The predicted octanol–water partition coefficient (Wildman–Crippen LogP) is -0.307. The maximum Gasteiger partial charge on any atom is 0.323 e. The van der Waals surface area contributed by atoms with E-state index in [9.17, 15) is 14.4 Å². The van der Waals surface area contributed by atoms with Gasteiger partial charge in [0.15, 0.2) is 0 Å². The molecule has 1 aromatic rings. The zero-order valence-electron chi connectivity index (χ0n) is 8.74. The van der Waals surface area contributed by atoms with Crippen molar-refractivity contribution in [1.82, 2.24) is 9.88 Å². The number of carbonyl (C=O) groups excluding carboxylic acids is 1. The van der Waals surface area contributed by atoms with E-state index in [2.05, 4.69) is 4.98 Å². The molecule has 1 heterocycles. The van der Waals surface area contributed by atoms with Gasteiger partial charge in [-0.3, -0.25) is 19.4 Å². The molecule has 0 aliphatic rings. The molecule has 0 unspecified atom stereocenters. The van der Waals surface area contributed by atoms with Crippen LogP contribution < -0.4 is 0 Å². The third-order valence-electron chi connectivity index (χ3n) is 1.87. The fourth-order valence-electron chi connectivity index (χ4n) is 1.20. The first-order valence-corrected chi connectivity index (χ1v) is 4.63. The fraction of sp³-hybridized carbons (Fsp3) is 0.200. The van der Waals surface area contributed by atoms with E-state index in [0.29, 0.717) is 0 Å². The molecule has 7 heteroatoms. The molecule has 0 saturated carbocycles. The van der Waals surface area contributed by atoms with Crippen molar-refractivity contribution in [1.29, 1.82) is 0 Å². The van der Waals surface area contributed by atoms with E-state index in [-0.39, 0.29) is 5.56 Å². The minimum atomic E-state index is -1.27. The lowest BCUT2D eigenvalue weighted by Crippen LogP contribution is -2.39. The minimum Gasteiger partial charge on any atom is -0.480 e. The predicted molar refractivity (Wildman–Crippen MR) is 55.4 cm³/mol. The van der Waals surface area contributed by atoms with Crippen LogP contribution >= 0.6 is 0 Å². The molecule has 90 valence electrons. The Balaban J connectivity index is 2.86. The Morgan fingerprint density at radius 2 is 1.53 bits per heavy atom. The minimum absolute atomic E-state index is 0.197. The summed E-state index contributed by atoms with van der Waals surface area (Å²) in [5.74, 6) is -3.19. The highest BCUT2D eigenvalue weighted by atomic mass is 16.4. The second-order valence-corrected chi connectivity index (χ2v) is 3.18. The van der Waals surface area contributed by atoms with Crippen molar-refractivity contribution in [3.8, 4) is 0 Å². The molecular weight excluding hydrogens is 228 g/mol. The molecule has 0 spiro atoms. The van der Waals surface area contributed by atoms with Crippen LogP contribution in [0.25, 0.3) is 0 Å². The first kappa shape index (κ1) is 12.6. The third-order valence-corrected chi connectivity index (χ3v) is 1.87. The summed E-state index contributed by atoms with van der Waals surface area (Å²) in [5.41, 5.74) is 0.197. The SMILES string of the molecule is O=C(O)CN(CC(=O)O)C(=O)c1ccncc1. The van der Waals surface area contributed by atoms with E-state index >= 15 is 0 Å². The van der Waals surface area contributed by atoms with E-state index in [4.69, 9.17) is 10.2 Å². The van der Waals surface area contributed by atoms with Gasteiger partial charge in [-0.15, -0.1) is 0 Å². The number of aromatic nitrogens is 1. The number of nitrogens with zero attached hydrogens (tertiary/aromatic N) is 2. The number of hydrogen-bond acceptors (Lipinski definition) is 4. The number of aliphatic carboxylic acids is 2. The largest absolute Gasteiger partial charge is 0.480 e. The number of carboxylic acids is 2. The van der Waals surface area contributed by atoms with Gasteiger partial charge in [-0.05, 0) is 12.1 Å². The Morgan fingerprint density at radius 3 is 1.94 bits per heavy atom. The summed E-state index contributed by atoms with van der Waals surface area (Å²) in [7, 11) is 0. The van der Waals surface area contributed by atoms with Gasteiger partial charge >= 0.3 is 11.9 Å². The van der Waals surface area contributed by atoms with Crippen LogP contribution in [-0.4, -0.2) is 51.0 Å². The van der Waals surface area contributed by atoms with Crippen LogP contribution in [0.5, 0.6) is 0 Å². The molecule has 0 aliphatic heterocycles. The smallest absolute Gasteiger partial charge is 0.323 e. The lowest BCUT2D eigenvalue weighted by molar-refractivity contribution is -0.140. The summed E-state index contributed by atoms with van der Waals surface area (Å²) in [6.07, 6.45) is 2.74. The average molecular weight is 238 g/mol. The maximum atomic E-state index is 11.8. The second-order valence-electron chi connectivity index (χ2n) is 3.18. The van der Waals surface area contributed by atoms with E-state index in [1.807, 2.05) is 0 Å². The van der Waals surface area contributed by atoms with Crippen molar-refractivity contribution in [3.05, 3.63) is 30.1 Å². The number of hydrogen-bond donors (Lipinski definition) is 2. The van der Waals surface area contributed by atoms with E-state index in [0.717, 1.165) is 4.90 Å². The lowest BCUT2D eigenvalue weighted by Gasteiger charge is -2.18. The Kier molecular flexibility index (Phi) is 4.15. The zero-order valence-corrected chi connectivity index (χ0v) is 8.74. The van der Waals surface area contributed by atoms with Crippen molar-refractivity contribution in [3.63, 3.8) is 0 Å². The molecule has 1 aromatic heterocycles. The molecule has 1 amide bonds. The zero-order chi connectivity index (χ0) is 12.8. The van der Waals surface area contributed by atoms with Crippen LogP contribution in [-0.2, 0) is 9.59 Å². The van der Waals surface area contributed by atoms with Crippen LogP contribution in [0, 0.1) is 0 Å². The van der Waals surface area contributed by atoms with Crippen molar-refractivity contribution < 1.29 is 24.6 Å². The number of amides is 1. The summed E-state index contributed by atoms with van der Waals surface area (Å²) >= 11 is 0. The summed E-state index contributed by atoms with van der Waals surface area (Å²) < 4.78 is 0. The molecule has 0 saturated heterocycles. The normalized spacial score (nSPS) is 9.65. The van der Waals surface area contributed by atoms with Gasteiger partial charge < -0.3 is 15.1 Å². The van der Waals surface area contributed by atoms with Crippen LogP contribution in [0.4, 0.5) is 0 Å². The molecule has 0 aromatic carbocycles. The maximum absolute atomic E-state index is 11.8. The van der Waals surface area contributed by atoms with Crippen molar-refractivity contribution in [2.45, 2.75) is 0 Å².